The van der Waals surface area contributed by atoms with Crippen LogP contribution in [0.15, 0.2) is 43.1 Å². The minimum absolute atomic E-state index is 0.0731. The molecule has 0 bridgehead atoms. The molecule has 1 aliphatic carbocycles. The molecule has 0 unspecified atom stereocenters. The number of rotatable bonds is 11. The van der Waals surface area contributed by atoms with E-state index in [1.165, 1.54) is 6.33 Å². The van der Waals surface area contributed by atoms with Crippen molar-refractivity contribution in [1.29, 1.82) is 0 Å². The van der Waals surface area contributed by atoms with Gasteiger partial charge in [0.15, 0.2) is 6.61 Å². The summed E-state index contributed by atoms with van der Waals surface area (Å²) in [7, 11) is 0. The Labute approximate surface area is 262 Å². The summed E-state index contributed by atoms with van der Waals surface area (Å²) in [5.74, 6) is 1.26. The highest BCUT2D eigenvalue weighted by Crippen LogP contribution is 2.37. The average molecular weight is 647 g/mol. The Bertz CT molecular complexity index is 1550. The highest BCUT2D eigenvalue weighted by molar-refractivity contribution is 6.32. The second kappa shape index (κ2) is 13.2. The number of likely N-dealkylation sites (tertiary alicyclic amines) is 1. The summed E-state index contributed by atoms with van der Waals surface area (Å²) in [5, 5.41) is 18.9. The van der Waals surface area contributed by atoms with Gasteiger partial charge in [-0.25, -0.2) is 14.6 Å². The van der Waals surface area contributed by atoms with Crippen LogP contribution in [0.25, 0.3) is 11.1 Å². The standard InChI is InChI=1S/C29H34ClF3N10O2/c1-18-12-41(13-18)22-4-6-23(7-5-22)43-15-25(27(38-43)44-16-29(31,32)33)37-28-34-10-21(11-35-28)20-3-8-24(30)26(9-20)45-19(2)14-42-17-36-39-40-42/h3,8-11,15,17-19,22-23H,4-7,12-14,16H2,1-2H3,(H,34,35,37)/t19-,22?,23?/m0/s1. The van der Waals surface area contributed by atoms with Crippen molar-refractivity contribution in [2.75, 3.05) is 25.0 Å². The number of nitrogens with zero attached hydrogens (tertiary/aromatic N) is 9. The third-order valence-corrected chi connectivity index (χ3v) is 8.36. The lowest BCUT2D eigenvalue weighted by molar-refractivity contribution is -0.154. The molecule has 1 N–H and O–H groups in total. The molecule has 1 atom stereocenters. The van der Waals surface area contributed by atoms with E-state index >= 15 is 0 Å². The van der Waals surface area contributed by atoms with Gasteiger partial charge in [-0.15, -0.1) is 10.2 Å². The summed E-state index contributed by atoms with van der Waals surface area (Å²) in [5.41, 5.74) is 1.72. The average Bonchev–Trinajstić information content (AvgIpc) is 3.66. The van der Waals surface area contributed by atoms with E-state index in [1.54, 1.807) is 40.1 Å². The van der Waals surface area contributed by atoms with Crippen LogP contribution in [0.4, 0.5) is 24.8 Å². The molecule has 12 nitrogen and oxygen atoms in total. The first-order valence-corrected chi connectivity index (χ1v) is 15.3. The molecule has 1 aliphatic heterocycles. The van der Waals surface area contributed by atoms with Gasteiger partial charge in [0, 0.05) is 37.1 Å². The van der Waals surface area contributed by atoms with Gasteiger partial charge in [-0.2, -0.15) is 13.2 Å². The lowest BCUT2D eigenvalue weighted by Gasteiger charge is -2.45. The molecule has 0 spiro atoms. The highest BCUT2D eigenvalue weighted by atomic mass is 35.5. The van der Waals surface area contributed by atoms with Gasteiger partial charge in [-0.1, -0.05) is 24.6 Å². The fraction of sp³-hybridized carbons (Fsp3) is 0.517. The topological polar surface area (TPSA) is 121 Å². The number of hydrogen-bond donors (Lipinski definition) is 1. The first kappa shape index (κ1) is 31.0. The van der Waals surface area contributed by atoms with Crippen LogP contribution in [0.3, 0.4) is 0 Å². The Morgan fingerprint density at radius 2 is 1.80 bits per heavy atom. The molecule has 1 aromatic carbocycles. The van der Waals surface area contributed by atoms with Crippen molar-refractivity contribution in [3.05, 3.63) is 48.1 Å². The van der Waals surface area contributed by atoms with Gasteiger partial charge in [0.2, 0.25) is 5.95 Å². The maximum Gasteiger partial charge on any atom is 0.422 e. The molecule has 2 fully saturated rings. The van der Waals surface area contributed by atoms with E-state index in [-0.39, 0.29) is 29.7 Å². The van der Waals surface area contributed by atoms with Crippen LogP contribution in [-0.2, 0) is 6.54 Å². The molecule has 4 aromatic rings. The molecule has 1 saturated heterocycles. The van der Waals surface area contributed by atoms with Crippen LogP contribution in [-0.4, -0.2) is 82.9 Å². The second-order valence-corrected chi connectivity index (χ2v) is 12.2. The summed E-state index contributed by atoms with van der Waals surface area (Å²) in [6.45, 7) is 5.38. The van der Waals surface area contributed by atoms with Gasteiger partial charge in [0.05, 0.1) is 23.8 Å². The first-order chi connectivity index (χ1) is 21.6. The monoisotopic (exact) mass is 646 g/mol. The Hall–Kier alpha value is -3.98. The Morgan fingerprint density at radius 1 is 1.07 bits per heavy atom. The summed E-state index contributed by atoms with van der Waals surface area (Å²) in [4.78, 5) is 11.3. The Balaban J connectivity index is 1.13. The van der Waals surface area contributed by atoms with Crippen LogP contribution >= 0.6 is 11.6 Å². The SMILES string of the molecule is CC1CN(C2CCC(n3cc(Nc4ncc(-c5ccc(Cl)c(O[C@@H](C)Cn6cnnn6)c5)cn4)c(OCC(F)(F)F)n3)CC2)C1. The molecule has 0 radical (unpaired) electrons. The van der Waals surface area contributed by atoms with E-state index in [1.807, 2.05) is 13.0 Å². The van der Waals surface area contributed by atoms with E-state index in [0.717, 1.165) is 50.3 Å². The summed E-state index contributed by atoms with van der Waals surface area (Å²) < 4.78 is 53.5. The minimum atomic E-state index is -4.50. The number of tetrazole rings is 1. The second-order valence-electron chi connectivity index (χ2n) is 11.8. The lowest BCUT2D eigenvalue weighted by atomic mass is 9.87. The summed E-state index contributed by atoms with van der Waals surface area (Å²) in [6, 6.07) is 5.95. The van der Waals surface area contributed by atoms with Crippen molar-refractivity contribution < 1.29 is 22.6 Å². The smallest absolute Gasteiger partial charge is 0.422 e. The number of nitrogens with one attached hydrogen (secondary N) is 1. The van der Waals surface area contributed by atoms with Crippen LogP contribution in [0.5, 0.6) is 11.6 Å². The zero-order chi connectivity index (χ0) is 31.6. The van der Waals surface area contributed by atoms with Crippen molar-refractivity contribution in [1.82, 2.24) is 44.9 Å². The van der Waals surface area contributed by atoms with Crippen molar-refractivity contribution >= 4 is 23.2 Å². The molecule has 0 amide bonds. The zero-order valence-electron chi connectivity index (χ0n) is 24.9. The van der Waals surface area contributed by atoms with Gasteiger partial charge >= 0.3 is 6.18 Å². The summed E-state index contributed by atoms with van der Waals surface area (Å²) >= 11 is 6.38. The van der Waals surface area contributed by atoms with Crippen LogP contribution in [0.2, 0.25) is 5.02 Å². The molecule has 6 rings (SSSR count). The molecular formula is C29H34ClF3N10O2. The summed E-state index contributed by atoms with van der Waals surface area (Å²) in [6.07, 6.45) is 5.46. The third kappa shape index (κ3) is 7.82. The quantitative estimate of drug-likeness (QED) is 0.221. The van der Waals surface area contributed by atoms with Crippen molar-refractivity contribution in [2.45, 2.75) is 70.4 Å². The van der Waals surface area contributed by atoms with E-state index in [4.69, 9.17) is 21.1 Å². The van der Waals surface area contributed by atoms with Gasteiger partial charge in [-0.3, -0.25) is 9.58 Å². The normalized spacial score (nSPS) is 20.0. The number of aromatic nitrogens is 8. The number of alkyl halides is 3. The number of halogens is 4. The van der Waals surface area contributed by atoms with E-state index in [0.29, 0.717) is 28.9 Å². The molecule has 16 heteroatoms. The molecule has 45 heavy (non-hydrogen) atoms. The van der Waals surface area contributed by atoms with Crippen molar-refractivity contribution in [2.24, 2.45) is 5.92 Å². The highest BCUT2D eigenvalue weighted by Gasteiger charge is 2.34. The van der Waals surface area contributed by atoms with Crippen LogP contribution < -0.4 is 14.8 Å². The largest absolute Gasteiger partial charge is 0.487 e. The molecule has 4 heterocycles. The Morgan fingerprint density at radius 3 is 2.47 bits per heavy atom. The van der Waals surface area contributed by atoms with E-state index < -0.39 is 12.8 Å². The molecule has 1 saturated carbocycles. The molecule has 3 aromatic heterocycles. The fourth-order valence-corrected chi connectivity index (χ4v) is 6.02. The lowest BCUT2D eigenvalue weighted by Crippen LogP contribution is -2.51. The third-order valence-electron chi connectivity index (χ3n) is 8.05. The first-order valence-electron chi connectivity index (χ1n) is 14.9. The van der Waals surface area contributed by atoms with Crippen LogP contribution in [0.1, 0.15) is 45.6 Å². The van der Waals surface area contributed by atoms with Crippen LogP contribution in [0, 0.1) is 5.92 Å². The number of benzene rings is 1. The maximum atomic E-state index is 13.0. The number of hydrogen-bond acceptors (Lipinski definition) is 10. The maximum absolute atomic E-state index is 13.0. The fourth-order valence-electron chi connectivity index (χ4n) is 5.85. The molecular weight excluding hydrogens is 613 g/mol. The van der Waals surface area contributed by atoms with Crippen molar-refractivity contribution in [3.63, 3.8) is 0 Å². The predicted molar refractivity (Wildman–Crippen MR) is 159 cm³/mol. The van der Waals surface area contributed by atoms with Gasteiger partial charge in [0.1, 0.15) is 23.9 Å². The van der Waals surface area contributed by atoms with Crippen molar-refractivity contribution in [3.8, 4) is 22.8 Å². The molecule has 240 valence electrons. The number of ether oxygens (including phenoxy) is 2. The van der Waals surface area contributed by atoms with Gasteiger partial charge < -0.3 is 14.8 Å². The minimum Gasteiger partial charge on any atom is -0.487 e. The van der Waals surface area contributed by atoms with Gasteiger partial charge in [0.25, 0.3) is 5.88 Å². The zero-order valence-corrected chi connectivity index (χ0v) is 25.6. The van der Waals surface area contributed by atoms with E-state index in [2.05, 4.69) is 47.7 Å². The predicted octanol–water partition coefficient (Wildman–Crippen LogP) is 5.57. The number of anilines is 2. The Kier molecular flexibility index (Phi) is 9.08. The molecule has 2 aliphatic rings. The van der Waals surface area contributed by atoms with E-state index in [9.17, 15) is 13.2 Å². The van der Waals surface area contributed by atoms with Gasteiger partial charge in [-0.05, 0) is 66.6 Å².